The lowest BCUT2D eigenvalue weighted by molar-refractivity contribution is -0.384. The van der Waals surface area contributed by atoms with E-state index in [0.717, 1.165) is 0 Å². The summed E-state index contributed by atoms with van der Waals surface area (Å²) in [6.07, 6.45) is 0. The molecule has 8 heteroatoms. The van der Waals surface area contributed by atoms with Crippen molar-refractivity contribution >= 4 is 17.6 Å². The lowest BCUT2D eigenvalue weighted by Crippen LogP contribution is -2.43. The van der Waals surface area contributed by atoms with E-state index in [2.05, 4.69) is 17.2 Å². The topological polar surface area (TPSA) is 130 Å². The Morgan fingerprint density at radius 2 is 1.54 bits per heavy atom. The molecule has 0 aliphatic carbocycles. The van der Waals surface area contributed by atoms with Gasteiger partial charge >= 0.3 is 5.97 Å². The molecule has 0 aromatic heterocycles. The maximum absolute atomic E-state index is 11.9. The number of carboxylic acid groups (broad SMARTS) is 1. The Kier molecular flexibility index (Phi) is 6.03. The average Bonchev–Trinajstić information content (AvgIpc) is 2.64. The highest BCUT2D eigenvalue weighted by atomic mass is 16.6. The first-order valence-corrected chi connectivity index (χ1v) is 7.42. The molecule has 3 N–H and O–H groups in total. The van der Waals surface area contributed by atoms with Crippen molar-refractivity contribution in [2.24, 2.45) is 0 Å². The van der Waals surface area contributed by atoms with Crippen LogP contribution in [0.25, 0.3) is 0 Å². The van der Waals surface area contributed by atoms with Gasteiger partial charge in [-0.3, -0.25) is 14.9 Å². The minimum absolute atomic E-state index is 0.0199. The second-order valence-corrected chi connectivity index (χ2v) is 5.18. The molecule has 0 aliphatic rings. The lowest BCUT2D eigenvalue weighted by Gasteiger charge is -2.11. The summed E-state index contributed by atoms with van der Waals surface area (Å²) in [7, 11) is 0. The Morgan fingerprint density at radius 3 is 1.96 bits per heavy atom. The van der Waals surface area contributed by atoms with Crippen molar-refractivity contribution in [1.82, 2.24) is 5.32 Å². The molecule has 8 nitrogen and oxygen atoms in total. The number of carbonyl (C=O) groups is 2. The molecule has 0 saturated carbocycles. The van der Waals surface area contributed by atoms with E-state index in [4.69, 9.17) is 10.2 Å². The monoisotopic (exact) mass is 354 g/mol. The van der Waals surface area contributed by atoms with Gasteiger partial charge in [0.05, 0.1) is 11.5 Å². The molecule has 0 spiro atoms. The van der Waals surface area contributed by atoms with Gasteiger partial charge in [0.1, 0.15) is 0 Å². The highest BCUT2D eigenvalue weighted by Crippen LogP contribution is 2.11. The normalized spacial score (nSPS) is 11.0. The zero-order valence-corrected chi connectivity index (χ0v) is 13.4. The van der Waals surface area contributed by atoms with E-state index in [1.54, 1.807) is 12.1 Å². The maximum Gasteiger partial charge on any atom is 0.328 e. The number of nitrogens with zero attached hydrogens (tertiary/aromatic N) is 1. The van der Waals surface area contributed by atoms with E-state index in [-0.39, 0.29) is 11.3 Å². The van der Waals surface area contributed by atoms with E-state index in [9.17, 15) is 19.7 Å². The molecule has 0 saturated heterocycles. The molecule has 0 unspecified atom stereocenters. The van der Waals surface area contributed by atoms with E-state index in [1.165, 1.54) is 36.4 Å². The number of non-ortho nitro benzene ring substituents is 1. The summed E-state index contributed by atoms with van der Waals surface area (Å²) >= 11 is 0. The smallest absolute Gasteiger partial charge is 0.328 e. The Morgan fingerprint density at radius 1 is 1.04 bits per heavy atom. The lowest BCUT2D eigenvalue weighted by atomic mass is 10.1. The molecule has 0 aliphatic heterocycles. The van der Waals surface area contributed by atoms with Crippen LogP contribution < -0.4 is 5.32 Å². The summed E-state index contributed by atoms with van der Waals surface area (Å²) in [5.74, 6) is 3.76. The number of nitro benzene ring substituents is 1. The van der Waals surface area contributed by atoms with Crippen LogP contribution in [0.5, 0.6) is 0 Å². The number of aliphatic hydroxyl groups is 1. The number of amides is 1. The first-order valence-electron chi connectivity index (χ1n) is 7.42. The number of rotatable bonds is 5. The third kappa shape index (κ3) is 4.90. The van der Waals surface area contributed by atoms with Crippen LogP contribution in [0, 0.1) is 22.0 Å². The standard InChI is InChI=1S/C18H14N2O6/c21-11-16(18(23)24)19-17(22)14-7-3-12(4-8-14)1-2-13-5-9-15(10-6-13)20(25)26/h3-10,16,21H,11H2,(H,19,22)(H,23,24)/t16-/m0/s1. The Balaban J connectivity index is 2.07. The van der Waals surface area contributed by atoms with Gasteiger partial charge in [0, 0.05) is 28.8 Å². The summed E-state index contributed by atoms with van der Waals surface area (Å²) in [5, 5.41) is 30.5. The summed E-state index contributed by atoms with van der Waals surface area (Å²) in [6.45, 7) is -0.708. The van der Waals surface area contributed by atoms with Gasteiger partial charge in [0.2, 0.25) is 0 Å². The van der Waals surface area contributed by atoms with Crippen molar-refractivity contribution in [3.63, 3.8) is 0 Å². The molecular formula is C18H14N2O6. The van der Waals surface area contributed by atoms with Crippen LogP contribution >= 0.6 is 0 Å². The average molecular weight is 354 g/mol. The summed E-state index contributed by atoms with van der Waals surface area (Å²) in [6, 6.07) is 10.5. The molecule has 1 atom stereocenters. The van der Waals surface area contributed by atoms with Crippen molar-refractivity contribution in [2.45, 2.75) is 6.04 Å². The molecular weight excluding hydrogens is 340 g/mol. The fourth-order valence-corrected chi connectivity index (χ4v) is 1.94. The van der Waals surface area contributed by atoms with Crippen LogP contribution in [-0.2, 0) is 4.79 Å². The highest BCUT2D eigenvalue weighted by molar-refractivity contribution is 5.96. The second kappa shape index (κ2) is 8.41. The van der Waals surface area contributed by atoms with Crippen molar-refractivity contribution in [2.75, 3.05) is 6.61 Å². The summed E-state index contributed by atoms with van der Waals surface area (Å²) in [4.78, 5) is 32.8. The van der Waals surface area contributed by atoms with Gasteiger partial charge < -0.3 is 15.5 Å². The third-order valence-electron chi connectivity index (χ3n) is 3.36. The number of aliphatic hydroxyl groups excluding tert-OH is 1. The third-order valence-corrected chi connectivity index (χ3v) is 3.36. The van der Waals surface area contributed by atoms with E-state index in [0.29, 0.717) is 11.1 Å². The van der Waals surface area contributed by atoms with Crippen LogP contribution in [-0.4, -0.2) is 39.7 Å². The number of carbonyl (C=O) groups excluding carboxylic acids is 1. The summed E-state index contributed by atoms with van der Waals surface area (Å²) < 4.78 is 0. The molecule has 0 bridgehead atoms. The summed E-state index contributed by atoms with van der Waals surface area (Å²) in [5.41, 5.74) is 1.42. The fraction of sp³-hybridized carbons (Fsp3) is 0.111. The van der Waals surface area contributed by atoms with Gasteiger partial charge in [-0.1, -0.05) is 11.8 Å². The van der Waals surface area contributed by atoms with Gasteiger partial charge in [-0.15, -0.1) is 0 Å². The van der Waals surface area contributed by atoms with Gasteiger partial charge in [-0.2, -0.15) is 0 Å². The number of aliphatic carboxylic acids is 1. The largest absolute Gasteiger partial charge is 0.480 e. The first-order chi connectivity index (χ1) is 12.4. The number of hydrogen-bond donors (Lipinski definition) is 3. The predicted molar refractivity (Wildman–Crippen MR) is 91.5 cm³/mol. The molecule has 1 amide bonds. The molecule has 132 valence electrons. The van der Waals surface area contributed by atoms with E-state index in [1.807, 2.05) is 0 Å². The van der Waals surface area contributed by atoms with Gasteiger partial charge in [0.15, 0.2) is 6.04 Å². The van der Waals surface area contributed by atoms with Crippen LogP contribution in [0.4, 0.5) is 5.69 Å². The molecule has 2 aromatic rings. The Labute approximate surface area is 148 Å². The number of benzene rings is 2. The van der Waals surface area contributed by atoms with Gasteiger partial charge in [0.25, 0.3) is 11.6 Å². The molecule has 26 heavy (non-hydrogen) atoms. The quantitative estimate of drug-likeness (QED) is 0.420. The van der Waals surface area contributed by atoms with Crippen LogP contribution in [0.2, 0.25) is 0 Å². The zero-order chi connectivity index (χ0) is 19.1. The number of nitrogens with one attached hydrogen (secondary N) is 1. The van der Waals surface area contributed by atoms with Gasteiger partial charge in [-0.05, 0) is 36.4 Å². The highest BCUT2D eigenvalue weighted by Gasteiger charge is 2.19. The Hall–Kier alpha value is -3.70. The second-order valence-electron chi connectivity index (χ2n) is 5.18. The molecule has 2 aromatic carbocycles. The maximum atomic E-state index is 11.9. The van der Waals surface area contributed by atoms with E-state index >= 15 is 0 Å². The van der Waals surface area contributed by atoms with Crippen LogP contribution in [0.1, 0.15) is 21.5 Å². The molecule has 0 fully saturated rings. The van der Waals surface area contributed by atoms with E-state index < -0.39 is 29.4 Å². The SMILES string of the molecule is O=C(N[C@@H](CO)C(=O)O)c1ccc(C#Cc2ccc([N+](=O)[O-])cc2)cc1. The van der Waals surface area contributed by atoms with Crippen molar-refractivity contribution in [3.05, 3.63) is 75.3 Å². The predicted octanol–water partition coefficient (Wildman–Crippen LogP) is 1.17. The minimum Gasteiger partial charge on any atom is -0.480 e. The van der Waals surface area contributed by atoms with Crippen LogP contribution in [0.15, 0.2) is 48.5 Å². The minimum atomic E-state index is -1.37. The number of hydrogen-bond acceptors (Lipinski definition) is 5. The molecule has 0 radical (unpaired) electrons. The molecule has 2 rings (SSSR count). The zero-order valence-electron chi connectivity index (χ0n) is 13.4. The number of nitro groups is 1. The van der Waals surface area contributed by atoms with Crippen LogP contribution in [0.3, 0.4) is 0 Å². The fourth-order valence-electron chi connectivity index (χ4n) is 1.94. The first kappa shape index (κ1) is 18.6. The van der Waals surface area contributed by atoms with Crippen molar-refractivity contribution in [3.8, 4) is 11.8 Å². The van der Waals surface area contributed by atoms with Crippen molar-refractivity contribution < 1.29 is 24.7 Å². The van der Waals surface area contributed by atoms with Gasteiger partial charge in [-0.25, -0.2) is 4.79 Å². The van der Waals surface area contributed by atoms with Crippen molar-refractivity contribution in [1.29, 1.82) is 0 Å². The number of carboxylic acids is 1. The Bertz CT molecular complexity index is 879. The molecule has 0 heterocycles.